The summed E-state index contributed by atoms with van der Waals surface area (Å²) in [7, 11) is 0. The Labute approximate surface area is 494 Å². The summed E-state index contributed by atoms with van der Waals surface area (Å²) < 4.78 is 0. The first-order chi connectivity index (χ1) is 40.4. The zero-order valence-electron chi connectivity index (χ0n) is 50.9. The van der Waals surface area contributed by atoms with Crippen LogP contribution in [0.25, 0.3) is 76.5 Å². The molecular weight excluding hydrogens is 1030 g/mol. The number of benzene rings is 6. The monoisotopic (exact) mass is 1100 g/mol. The van der Waals surface area contributed by atoms with Gasteiger partial charge < -0.3 is 0 Å². The van der Waals surface area contributed by atoms with E-state index in [1.54, 1.807) is 18.6 Å². The molecular formula is C74H74N10. The summed E-state index contributed by atoms with van der Waals surface area (Å²) in [6.07, 6.45) is 12.8. The highest BCUT2D eigenvalue weighted by Gasteiger charge is 2.04. The second-order valence-corrected chi connectivity index (χ2v) is 21.3. The van der Waals surface area contributed by atoms with Crippen molar-refractivity contribution < 1.29 is 0 Å². The number of aryl methyl sites for hydroxylation is 14. The van der Waals surface area contributed by atoms with Crippen LogP contribution in [-0.4, -0.2) is 49.8 Å². The molecule has 0 aliphatic carbocycles. The van der Waals surface area contributed by atoms with Gasteiger partial charge in [0.05, 0.1) is 49.8 Å². The summed E-state index contributed by atoms with van der Waals surface area (Å²) in [4.78, 5) is 43.1. The van der Waals surface area contributed by atoms with Gasteiger partial charge >= 0.3 is 0 Å². The van der Waals surface area contributed by atoms with Gasteiger partial charge in [-0.25, -0.2) is 4.98 Å². The molecule has 8 heterocycles. The molecule has 0 aliphatic heterocycles. The lowest BCUT2D eigenvalue weighted by molar-refractivity contribution is 1.18. The molecule has 14 aromatic rings. The molecule has 0 spiro atoms. The minimum absolute atomic E-state index is 0.964. The maximum atomic E-state index is 4.42. The van der Waals surface area contributed by atoms with Crippen LogP contribution in [0.5, 0.6) is 0 Å². The Kier molecular flexibility index (Phi) is 20.3. The Hall–Kier alpha value is -9.80. The molecule has 10 nitrogen and oxygen atoms in total. The van der Waals surface area contributed by atoms with Crippen LogP contribution in [0.2, 0.25) is 0 Å². The van der Waals surface area contributed by atoms with E-state index in [0.29, 0.717) is 0 Å². The molecule has 0 radical (unpaired) electrons. The summed E-state index contributed by atoms with van der Waals surface area (Å²) in [5.41, 5.74) is 24.6. The molecule has 14 rings (SSSR count). The van der Waals surface area contributed by atoms with Crippen LogP contribution in [0.15, 0.2) is 195 Å². The third-order valence-electron chi connectivity index (χ3n) is 14.3. The number of pyridine rings is 6. The second-order valence-electron chi connectivity index (χ2n) is 21.3. The fraction of sp³-hybridized carbons (Fsp3) is 0.189. The quantitative estimate of drug-likeness (QED) is 0.145. The van der Waals surface area contributed by atoms with E-state index in [4.69, 9.17) is 0 Å². The number of rotatable bonds is 0. The average Bonchev–Trinajstić information content (AvgIpc) is 3.69. The number of aromatic nitrogens is 10. The molecule has 6 aromatic carbocycles. The van der Waals surface area contributed by atoms with Crippen LogP contribution in [-0.2, 0) is 0 Å². The molecule has 0 atom stereocenters. The molecule has 0 unspecified atom stereocenters. The standard InChI is InChI=1S/4C11H11N.3C10H10N2/c1-8-3-6-11-10(7-8)5-4-9(2)12-11;1-8-3-4-9(2)11-7-12-6-5-10(8)11;1-8-5-6-9(2)11-10(8)4-3-7-12-11;1-8-7-12-9(2)11-6-4-3-5-10(8)11;1-7-3-5-10-9(11-7)6-4-8(2)12-10;1-7-3-4-9-10(5-7)11-6-8(2)12-9;1-7-3-4-8(2)10-9(7)11-5-6-12-10/h4*3-7H,1-2H3;3*3-6H,1-2H3. The van der Waals surface area contributed by atoms with Crippen molar-refractivity contribution in [3.05, 3.63) is 274 Å². The highest BCUT2D eigenvalue weighted by molar-refractivity contribution is 5.88. The van der Waals surface area contributed by atoms with Gasteiger partial charge in [0.25, 0.3) is 0 Å². The Morgan fingerprint density at radius 2 is 0.714 bits per heavy atom. The lowest BCUT2D eigenvalue weighted by atomic mass is 10.0. The lowest BCUT2D eigenvalue weighted by Gasteiger charge is -2.03. The fourth-order valence-electron chi connectivity index (χ4n) is 9.51. The van der Waals surface area contributed by atoms with Crippen molar-refractivity contribution in [2.75, 3.05) is 0 Å². The highest BCUT2D eigenvalue weighted by Crippen LogP contribution is 2.23. The normalized spacial score (nSPS) is 10.5. The number of nitrogens with zero attached hydrogens (tertiary/aromatic N) is 10. The molecule has 0 amide bonds. The number of hydrogen-bond donors (Lipinski definition) is 0. The van der Waals surface area contributed by atoms with E-state index in [1.807, 2.05) is 108 Å². The molecule has 0 saturated heterocycles. The first kappa shape index (κ1) is 60.3. The molecule has 0 bridgehead atoms. The SMILES string of the molecule is Cc1ccc(C)c2cnccc12.Cc1ccc(C)c2ncccc12.Cc1ccc(C)c2nccnc12.Cc1ccc2nc(C)ccc2c1.Cc1ccc2nc(C)ccc2n1.Cc1ccc2nc(C)cnc2c1.Cc1cnc(C)c2ccccc12. The van der Waals surface area contributed by atoms with Gasteiger partial charge in [0, 0.05) is 87.7 Å². The fourth-order valence-corrected chi connectivity index (χ4v) is 9.51. The third-order valence-corrected chi connectivity index (χ3v) is 14.3. The van der Waals surface area contributed by atoms with E-state index in [1.165, 1.54) is 82.4 Å². The maximum absolute atomic E-state index is 4.42. The van der Waals surface area contributed by atoms with Crippen LogP contribution >= 0.6 is 0 Å². The zero-order chi connectivity index (χ0) is 59.9. The van der Waals surface area contributed by atoms with Crippen molar-refractivity contribution in [2.45, 2.75) is 96.9 Å². The van der Waals surface area contributed by atoms with E-state index < -0.39 is 0 Å². The van der Waals surface area contributed by atoms with Gasteiger partial charge in [-0.2, -0.15) is 0 Å². The average molecular weight is 1100 g/mol. The van der Waals surface area contributed by atoms with Gasteiger partial charge in [0.2, 0.25) is 0 Å². The topological polar surface area (TPSA) is 129 Å². The molecule has 0 saturated carbocycles. The smallest absolute Gasteiger partial charge is 0.0918 e. The molecule has 0 fully saturated rings. The van der Waals surface area contributed by atoms with Crippen LogP contribution in [0.1, 0.15) is 78.5 Å². The van der Waals surface area contributed by atoms with Crippen LogP contribution in [0.4, 0.5) is 0 Å². The molecule has 0 aliphatic rings. The van der Waals surface area contributed by atoms with E-state index >= 15 is 0 Å². The second kappa shape index (κ2) is 28.3. The maximum Gasteiger partial charge on any atom is 0.0918 e. The van der Waals surface area contributed by atoms with E-state index in [9.17, 15) is 0 Å². The van der Waals surface area contributed by atoms with Crippen molar-refractivity contribution in [3.8, 4) is 0 Å². The first-order valence-corrected chi connectivity index (χ1v) is 28.3. The zero-order valence-corrected chi connectivity index (χ0v) is 50.9. The molecule has 10 heteroatoms. The van der Waals surface area contributed by atoms with Gasteiger partial charge in [-0.05, 0) is 219 Å². The Morgan fingerprint density at radius 1 is 0.250 bits per heavy atom. The highest BCUT2D eigenvalue weighted by atomic mass is 14.8. The Balaban J connectivity index is 0.000000128. The molecule has 84 heavy (non-hydrogen) atoms. The van der Waals surface area contributed by atoms with Gasteiger partial charge in [0.1, 0.15) is 0 Å². The van der Waals surface area contributed by atoms with E-state index in [0.717, 1.165) is 72.6 Å². The predicted molar refractivity (Wildman–Crippen MR) is 352 cm³/mol. The first-order valence-electron chi connectivity index (χ1n) is 28.3. The summed E-state index contributed by atoms with van der Waals surface area (Å²) in [5, 5.41) is 7.63. The van der Waals surface area contributed by atoms with Gasteiger partial charge in [-0.3, -0.25) is 44.9 Å². The Bertz CT molecular complexity index is 3760. The largest absolute Gasteiger partial charge is 0.264 e. The van der Waals surface area contributed by atoms with Crippen LogP contribution in [0.3, 0.4) is 0 Å². The minimum atomic E-state index is 0.964. The predicted octanol–water partition coefficient (Wildman–Crippen LogP) is 18.1. The van der Waals surface area contributed by atoms with Crippen LogP contribution in [0, 0.1) is 96.9 Å². The van der Waals surface area contributed by atoms with Crippen molar-refractivity contribution in [2.24, 2.45) is 0 Å². The van der Waals surface area contributed by atoms with E-state index in [-0.39, 0.29) is 0 Å². The van der Waals surface area contributed by atoms with Crippen molar-refractivity contribution in [3.63, 3.8) is 0 Å². The van der Waals surface area contributed by atoms with Crippen molar-refractivity contribution in [1.82, 2.24) is 49.8 Å². The van der Waals surface area contributed by atoms with Gasteiger partial charge in [0.15, 0.2) is 0 Å². The van der Waals surface area contributed by atoms with Crippen molar-refractivity contribution in [1.29, 1.82) is 0 Å². The summed E-state index contributed by atoms with van der Waals surface area (Å²) in [5.74, 6) is 0. The van der Waals surface area contributed by atoms with Gasteiger partial charge in [-0.15, -0.1) is 0 Å². The van der Waals surface area contributed by atoms with Gasteiger partial charge in [-0.1, -0.05) is 90.5 Å². The summed E-state index contributed by atoms with van der Waals surface area (Å²) in [6, 6.07) is 51.8. The van der Waals surface area contributed by atoms with Crippen molar-refractivity contribution >= 4 is 76.5 Å². The molecule has 8 aromatic heterocycles. The summed E-state index contributed by atoms with van der Waals surface area (Å²) in [6.45, 7) is 28.8. The summed E-state index contributed by atoms with van der Waals surface area (Å²) >= 11 is 0. The lowest BCUT2D eigenvalue weighted by Crippen LogP contribution is -1.88. The number of hydrogen-bond acceptors (Lipinski definition) is 10. The third kappa shape index (κ3) is 15.8. The minimum Gasteiger partial charge on any atom is -0.264 e. The molecule has 420 valence electrons. The number of fused-ring (bicyclic) bond motifs is 7. The Morgan fingerprint density at radius 3 is 1.32 bits per heavy atom. The van der Waals surface area contributed by atoms with Crippen LogP contribution < -0.4 is 0 Å². The van der Waals surface area contributed by atoms with E-state index in [2.05, 4.69) is 215 Å². The molecule has 0 N–H and O–H groups in total.